The predicted octanol–water partition coefficient (Wildman–Crippen LogP) is 3.31. The van der Waals surface area contributed by atoms with Gasteiger partial charge in [0, 0.05) is 34.8 Å². The molecule has 5 nitrogen and oxygen atoms in total. The fraction of sp³-hybridized carbons (Fsp3) is 0.278. The lowest BCUT2D eigenvalue weighted by atomic mass is 10.1. The Bertz CT molecular complexity index is 821. The summed E-state index contributed by atoms with van der Waals surface area (Å²) in [6.07, 6.45) is 2.64. The molecule has 0 saturated carbocycles. The summed E-state index contributed by atoms with van der Waals surface area (Å²) in [5.74, 6) is -0.0630. The van der Waals surface area contributed by atoms with E-state index in [0.29, 0.717) is 5.56 Å². The number of nitrogens with one attached hydrogen (secondary N) is 1. The van der Waals surface area contributed by atoms with E-state index in [1.54, 1.807) is 11.3 Å². The van der Waals surface area contributed by atoms with E-state index in [9.17, 15) is 4.79 Å². The quantitative estimate of drug-likeness (QED) is 0.775. The molecule has 0 fully saturated rings. The largest absolute Gasteiger partial charge is 0.349 e. The third-order valence-corrected chi connectivity index (χ3v) is 4.55. The summed E-state index contributed by atoms with van der Waals surface area (Å²) in [5, 5.41) is 7.48. The molecule has 0 aliphatic carbocycles. The lowest BCUT2D eigenvalue weighted by molar-refractivity contribution is 0.0940. The second-order valence-electron chi connectivity index (χ2n) is 5.93. The van der Waals surface area contributed by atoms with Gasteiger partial charge in [0.1, 0.15) is 0 Å². The first-order valence-electron chi connectivity index (χ1n) is 7.85. The first-order valence-corrected chi connectivity index (χ1v) is 8.73. The number of nitrogens with zero attached hydrogens (tertiary/aromatic N) is 3. The minimum Gasteiger partial charge on any atom is -0.349 e. The van der Waals surface area contributed by atoms with Crippen molar-refractivity contribution in [1.82, 2.24) is 20.1 Å². The monoisotopic (exact) mass is 340 g/mol. The van der Waals surface area contributed by atoms with Crippen molar-refractivity contribution < 1.29 is 4.79 Å². The molecule has 1 N–H and O–H groups in total. The van der Waals surface area contributed by atoms with Gasteiger partial charge in [0.15, 0.2) is 0 Å². The van der Waals surface area contributed by atoms with Crippen LogP contribution in [0.15, 0.2) is 42.0 Å². The van der Waals surface area contributed by atoms with Crippen LogP contribution in [-0.4, -0.2) is 26.7 Å². The van der Waals surface area contributed by atoms with Crippen LogP contribution in [0.4, 0.5) is 0 Å². The summed E-state index contributed by atoms with van der Waals surface area (Å²) >= 11 is 1.60. The molecule has 24 heavy (non-hydrogen) atoms. The normalized spacial score (nSPS) is 12.1. The molecule has 1 aromatic carbocycles. The maximum absolute atomic E-state index is 12.4. The molecule has 124 valence electrons. The van der Waals surface area contributed by atoms with Gasteiger partial charge in [-0.15, -0.1) is 11.3 Å². The van der Waals surface area contributed by atoms with Gasteiger partial charge in [0.25, 0.3) is 5.91 Å². The number of benzene rings is 1. The summed E-state index contributed by atoms with van der Waals surface area (Å²) in [7, 11) is 0. The minimum atomic E-state index is -0.0630. The number of thiazole rings is 1. The van der Waals surface area contributed by atoms with Gasteiger partial charge in [0.2, 0.25) is 0 Å². The first kappa shape index (κ1) is 16.4. The van der Waals surface area contributed by atoms with Crippen LogP contribution >= 0.6 is 11.3 Å². The lowest BCUT2D eigenvalue weighted by Gasteiger charge is -2.13. The van der Waals surface area contributed by atoms with Crippen LogP contribution in [0.1, 0.15) is 33.5 Å². The molecule has 1 atom stereocenters. The van der Waals surface area contributed by atoms with E-state index in [1.165, 1.54) is 4.88 Å². The van der Waals surface area contributed by atoms with Crippen LogP contribution in [0.3, 0.4) is 0 Å². The molecule has 0 unspecified atom stereocenters. The van der Waals surface area contributed by atoms with E-state index in [2.05, 4.69) is 15.4 Å². The number of carbonyl (C=O) groups is 1. The molecule has 2 heterocycles. The van der Waals surface area contributed by atoms with Crippen LogP contribution < -0.4 is 5.32 Å². The third-order valence-electron chi connectivity index (χ3n) is 3.75. The maximum atomic E-state index is 12.4. The number of aryl methyl sites for hydroxylation is 2. The van der Waals surface area contributed by atoms with Crippen LogP contribution in [0, 0.1) is 13.8 Å². The lowest BCUT2D eigenvalue weighted by Crippen LogP contribution is -2.33. The second-order valence-corrected chi connectivity index (χ2v) is 6.90. The molecular formula is C18H20N4OS. The van der Waals surface area contributed by atoms with Gasteiger partial charge < -0.3 is 5.32 Å². The summed E-state index contributed by atoms with van der Waals surface area (Å²) in [4.78, 5) is 17.6. The summed E-state index contributed by atoms with van der Waals surface area (Å²) in [5.41, 5.74) is 5.46. The van der Waals surface area contributed by atoms with Crippen LogP contribution in [0.25, 0.3) is 5.69 Å². The number of hydrogen-bond donors (Lipinski definition) is 1. The second kappa shape index (κ2) is 6.97. The molecule has 2 aromatic heterocycles. The van der Waals surface area contributed by atoms with Crippen molar-refractivity contribution >= 4 is 17.2 Å². The molecule has 1 amide bonds. The van der Waals surface area contributed by atoms with Crippen molar-refractivity contribution in [3.8, 4) is 5.69 Å². The Morgan fingerprint density at radius 1 is 1.29 bits per heavy atom. The molecule has 0 bridgehead atoms. The highest BCUT2D eigenvalue weighted by molar-refractivity contribution is 7.09. The molecule has 0 spiro atoms. The maximum Gasteiger partial charge on any atom is 0.251 e. The Labute approximate surface area is 145 Å². The fourth-order valence-electron chi connectivity index (χ4n) is 2.65. The topological polar surface area (TPSA) is 59.8 Å². The minimum absolute atomic E-state index is 0.0630. The van der Waals surface area contributed by atoms with Gasteiger partial charge in [-0.1, -0.05) is 0 Å². The van der Waals surface area contributed by atoms with Gasteiger partial charge in [-0.2, -0.15) is 5.10 Å². The van der Waals surface area contributed by atoms with Crippen LogP contribution in [-0.2, 0) is 6.42 Å². The average molecular weight is 340 g/mol. The number of aromatic nitrogens is 3. The molecular weight excluding hydrogens is 320 g/mol. The molecule has 0 radical (unpaired) electrons. The van der Waals surface area contributed by atoms with Crippen LogP contribution in [0.2, 0.25) is 0 Å². The Morgan fingerprint density at radius 2 is 2.04 bits per heavy atom. The van der Waals surface area contributed by atoms with E-state index in [4.69, 9.17) is 0 Å². The van der Waals surface area contributed by atoms with E-state index in [1.807, 2.05) is 67.5 Å². The Morgan fingerprint density at radius 3 is 2.62 bits per heavy atom. The summed E-state index contributed by atoms with van der Waals surface area (Å²) in [6, 6.07) is 9.60. The van der Waals surface area contributed by atoms with E-state index in [0.717, 1.165) is 23.5 Å². The highest BCUT2D eigenvalue weighted by Crippen LogP contribution is 2.14. The van der Waals surface area contributed by atoms with Crippen molar-refractivity contribution in [3.05, 3.63) is 63.9 Å². The van der Waals surface area contributed by atoms with Gasteiger partial charge >= 0.3 is 0 Å². The van der Waals surface area contributed by atoms with Crippen molar-refractivity contribution in [2.45, 2.75) is 33.2 Å². The molecule has 3 aromatic rings. The standard InChI is InChI=1S/C18H20N4OS/c1-12(9-17-10-19-11-24-17)20-18(23)15-4-6-16(7-5-15)22-14(3)8-13(2)21-22/h4-8,10-12H,9H2,1-3H3,(H,20,23)/t12-/m1/s1. The smallest absolute Gasteiger partial charge is 0.251 e. The fourth-order valence-corrected chi connectivity index (χ4v) is 3.37. The molecule has 3 rings (SSSR count). The molecule has 0 saturated heterocycles. The average Bonchev–Trinajstić information content (AvgIpc) is 3.16. The highest BCUT2D eigenvalue weighted by atomic mass is 32.1. The van der Waals surface area contributed by atoms with Crippen molar-refractivity contribution in [2.75, 3.05) is 0 Å². The van der Waals surface area contributed by atoms with Crippen molar-refractivity contribution in [3.63, 3.8) is 0 Å². The number of carbonyl (C=O) groups excluding carboxylic acids is 1. The Hall–Kier alpha value is -2.47. The number of rotatable bonds is 5. The number of amides is 1. The van der Waals surface area contributed by atoms with E-state index in [-0.39, 0.29) is 11.9 Å². The van der Waals surface area contributed by atoms with Gasteiger partial charge in [-0.25, -0.2) is 4.68 Å². The predicted molar refractivity (Wildman–Crippen MR) is 95.8 cm³/mol. The number of hydrogen-bond acceptors (Lipinski definition) is 4. The van der Waals surface area contributed by atoms with E-state index < -0.39 is 0 Å². The zero-order valence-electron chi connectivity index (χ0n) is 14.0. The van der Waals surface area contributed by atoms with Crippen molar-refractivity contribution in [2.24, 2.45) is 0 Å². The summed E-state index contributed by atoms with van der Waals surface area (Å²) < 4.78 is 1.88. The third kappa shape index (κ3) is 3.71. The van der Waals surface area contributed by atoms with Gasteiger partial charge in [-0.3, -0.25) is 9.78 Å². The van der Waals surface area contributed by atoms with E-state index >= 15 is 0 Å². The SMILES string of the molecule is Cc1cc(C)n(-c2ccc(C(=O)N[C@H](C)Cc3cncs3)cc2)n1. The molecule has 6 heteroatoms. The zero-order valence-corrected chi connectivity index (χ0v) is 14.8. The van der Waals surface area contributed by atoms with Crippen molar-refractivity contribution in [1.29, 1.82) is 0 Å². The Balaban J connectivity index is 1.66. The van der Waals surface area contributed by atoms with Gasteiger partial charge in [0.05, 0.1) is 16.9 Å². The molecule has 0 aliphatic rings. The van der Waals surface area contributed by atoms with Crippen LogP contribution in [0.5, 0.6) is 0 Å². The Kier molecular flexibility index (Phi) is 4.76. The first-order chi connectivity index (χ1) is 11.5. The zero-order chi connectivity index (χ0) is 17.1. The van der Waals surface area contributed by atoms with Gasteiger partial charge in [-0.05, 0) is 51.1 Å². The molecule has 0 aliphatic heterocycles. The summed E-state index contributed by atoms with van der Waals surface area (Å²) in [6.45, 7) is 5.99. The highest BCUT2D eigenvalue weighted by Gasteiger charge is 2.12.